The number of rotatable bonds is 5. The van der Waals surface area contributed by atoms with Gasteiger partial charge in [-0.1, -0.05) is 23.7 Å². The molecular formula is C15H13ClN4O2S. The number of nitrogens with one attached hydrogen (secondary N) is 1. The van der Waals surface area contributed by atoms with E-state index in [9.17, 15) is 0 Å². The van der Waals surface area contributed by atoms with Crippen molar-refractivity contribution in [1.29, 1.82) is 0 Å². The van der Waals surface area contributed by atoms with Crippen molar-refractivity contribution in [3.8, 4) is 5.75 Å². The molecule has 118 valence electrons. The van der Waals surface area contributed by atoms with Gasteiger partial charge in [0.2, 0.25) is 4.77 Å². The fourth-order valence-electron chi connectivity index (χ4n) is 1.93. The lowest BCUT2D eigenvalue weighted by molar-refractivity contribution is 0.268. The summed E-state index contributed by atoms with van der Waals surface area (Å²) < 4.78 is 13.2. The molecule has 0 spiro atoms. The van der Waals surface area contributed by atoms with E-state index < -0.39 is 0 Å². The molecule has 3 aromatic rings. The van der Waals surface area contributed by atoms with Gasteiger partial charge in [0.25, 0.3) is 0 Å². The molecule has 3 rings (SSSR count). The number of hydrogen-bond donors (Lipinski definition) is 1. The summed E-state index contributed by atoms with van der Waals surface area (Å²) in [6.45, 7) is 2.22. The van der Waals surface area contributed by atoms with Crippen LogP contribution in [-0.4, -0.2) is 21.1 Å². The van der Waals surface area contributed by atoms with Crippen LogP contribution < -0.4 is 4.74 Å². The Morgan fingerprint density at radius 1 is 1.43 bits per heavy atom. The molecule has 0 saturated heterocycles. The van der Waals surface area contributed by atoms with Crippen molar-refractivity contribution in [2.75, 3.05) is 0 Å². The molecule has 0 saturated carbocycles. The molecule has 23 heavy (non-hydrogen) atoms. The van der Waals surface area contributed by atoms with E-state index in [1.165, 1.54) is 11.0 Å². The molecule has 0 fully saturated rings. The summed E-state index contributed by atoms with van der Waals surface area (Å²) in [4.78, 5) is 0. The van der Waals surface area contributed by atoms with Crippen LogP contribution in [-0.2, 0) is 6.61 Å². The van der Waals surface area contributed by atoms with Crippen molar-refractivity contribution in [2.45, 2.75) is 13.5 Å². The normalized spacial score (nSPS) is 11.2. The summed E-state index contributed by atoms with van der Waals surface area (Å²) in [7, 11) is 0. The first-order chi connectivity index (χ1) is 11.1. The van der Waals surface area contributed by atoms with Gasteiger partial charge in [0, 0.05) is 0 Å². The number of hydrogen-bond acceptors (Lipinski definition) is 5. The number of benzene rings is 1. The third kappa shape index (κ3) is 3.69. The van der Waals surface area contributed by atoms with Crippen molar-refractivity contribution in [3.63, 3.8) is 0 Å². The van der Waals surface area contributed by atoms with E-state index in [-0.39, 0.29) is 6.61 Å². The number of aryl methyl sites for hydroxylation is 1. The number of halogens is 1. The van der Waals surface area contributed by atoms with E-state index in [1.807, 2.05) is 25.1 Å². The molecule has 2 heterocycles. The maximum atomic E-state index is 6.12. The Hall–Kier alpha value is -2.38. The zero-order valence-corrected chi connectivity index (χ0v) is 13.8. The highest BCUT2D eigenvalue weighted by Gasteiger charge is 2.07. The van der Waals surface area contributed by atoms with Crippen molar-refractivity contribution in [3.05, 3.63) is 63.5 Å². The summed E-state index contributed by atoms with van der Waals surface area (Å²) >= 11 is 11.1. The number of para-hydroxylation sites is 1. The van der Waals surface area contributed by atoms with Gasteiger partial charge in [-0.05, 0) is 42.9 Å². The molecule has 6 nitrogen and oxygen atoms in total. The van der Waals surface area contributed by atoms with Gasteiger partial charge >= 0.3 is 0 Å². The molecule has 1 aromatic carbocycles. The summed E-state index contributed by atoms with van der Waals surface area (Å²) in [5.74, 6) is 1.91. The molecule has 0 aliphatic rings. The number of furan rings is 1. The van der Waals surface area contributed by atoms with Crippen LogP contribution in [0.4, 0.5) is 0 Å². The first kappa shape index (κ1) is 15.5. The Bertz CT molecular complexity index is 877. The van der Waals surface area contributed by atoms with Crippen LogP contribution in [0.15, 0.2) is 46.2 Å². The van der Waals surface area contributed by atoms with Crippen LogP contribution in [0.3, 0.4) is 0 Å². The lowest BCUT2D eigenvalue weighted by Gasteiger charge is -2.09. The van der Waals surface area contributed by atoms with E-state index in [1.54, 1.807) is 18.3 Å². The number of aromatic nitrogens is 3. The second kappa shape index (κ2) is 6.80. The molecule has 2 aromatic heterocycles. The third-order valence-corrected chi connectivity index (χ3v) is 3.63. The first-order valence-corrected chi connectivity index (χ1v) is 7.55. The molecule has 1 N–H and O–H groups in total. The Labute approximate surface area is 142 Å². The third-order valence-electron chi connectivity index (χ3n) is 3.05. The van der Waals surface area contributed by atoms with Crippen LogP contribution >= 0.6 is 23.8 Å². The minimum absolute atomic E-state index is 0.281. The molecule has 0 atom stereocenters. The van der Waals surface area contributed by atoms with Gasteiger partial charge in [-0.2, -0.15) is 14.9 Å². The average molecular weight is 349 g/mol. The van der Waals surface area contributed by atoms with Crippen molar-refractivity contribution >= 4 is 30.0 Å². The standard InChI is InChI=1S/C15H13ClN4O2S/c1-10-3-2-4-13(16)14(10)21-8-12-6-5-11(22-12)7-18-20-9-17-19-15(20)23/h2-7,9H,8H2,1H3,(H,19,23)/b18-7+. The first-order valence-electron chi connectivity index (χ1n) is 6.76. The fourth-order valence-corrected chi connectivity index (χ4v) is 2.35. The Balaban J connectivity index is 1.67. The minimum atomic E-state index is 0.281. The van der Waals surface area contributed by atoms with E-state index in [2.05, 4.69) is 15.3 Å². The Kier molecular flexibility index (Phi) is 4.59. The van der Waals surface area contributed by atoms with Gasteiger partial charge in [-0.3, -0.25) is 5.10 Å². The molecule has 8 heteroatoms. The average Bonchev–Trinajstić information content (AvgIpc) is 3.14. The smallest absolute Gasteiger partial charge is 0.216 e. The highest BCUT2D eigenvalue weighted by molar-refractivity contribution is 7.71. The Morgan fingerprint density at radius 2 is 2.30 bits per heavy atom. The van der Waals surface area contributed by atoms with Gasteiger partial charge in [0.15, 0.2) is 0 Å². The molecule has 0 bridgehead atoms. The molecule has 0 amide bonds. The second-order valence-electron chi connectivity index (χ2n) is 4.73. The van der Waals surface area contributed by atoms with Gasteiger partial charge < -0.3 is 9.15 Å². The van der Waals surface area contributed by atoms with E-state index in [0.717, 1.165) is 5.56 Å². The second-order valence-corrected chi connectivity index (χ2v) is 5.52. The van der Waals surface area contributed by atoms with Crippen LogP contribution in [0.1, 0.15) is 17.1 Å². The lowest BCUT2D eigenvalue weighted by atomic mass is 10.2. The SMILES string of the molecule is Cc1cccc(Cl)c1OCc1ccc(/C=N/n2cn[nH]c2=S)o1. The molecule has 0 radical (unpaired) electrons. The Morgan fingerprint density at radius 3 is 3.04 bits per heavy atom. The largest absolute Gasteiger partial charge is 0.484 e. The molecule has 0 aliphatic heterocycles. The van der Waals surface area contributed by atoms with Gasteiger partial charge in [-0.25, -0.2) is 0 Å². The highest BCUT2D eigenvalue weighted by atomic mass is 35.5. The number of ether oxygens (including phenoxy) is 1. The van der Waals surface area contributed by atoms with Crippen LogP contribution in [0.2, 0.25) is 5.02 Å². The predicted molar refractivity (Wildman–Crippen MR) is 89.6 cm³/mol. The van der Waals surface area contributed by atoms with E-state index in [4.69, 9.17) is 33.0 Å². The van der Waals surface area contributed by atoms with E-state index >= 15 is 0 Å². The topological polar surface area (TPSA) is 68.3 Å². The number of nitrogens with zero attached hydrogens (tertiary/aromatic N) is 3. The number of H-pyrrole nitrogens is 1. The highest BCUT2D eigenvalue weighted by Crippen LogP contribution is 2.28. The molecule has 0 aliphatic carbocycles. The number of aromatic amines is 1. The van der Waals surface area contributed by atoms with Gasteiger partial charge in [0.1, 0.15) is 30.2 Å². The summed E-state index contributed by atoms with van der Waals surface area (Å²) in [5.41, 5.74) is 0.972. The maximum Gasteiger partial charge on any atom is 0.216 e. The fraction of sp³-hybridized carbons (Fsp3) is 0.133. The monoisotopic (exact) mass is 348 g/mol. The van der Waals surface area contributed by atoms with Gasteiger partial charge in [0.05, 0.1) is 11.2 Å². The summed E-state index contributed by atoms with van der Waals surface area (Å²) in [6, 6.07) is 9.23. The zero-order valence-electron chi connectivity index (χ0n) is 12.2. The molecular weight excluding hydrogens is 336 g/mol. The summed E-state index contributed by atoms with van der Waals surface area (Å²) in [6.07, 6.45) is 3.03. The van der Waals surface area contributed by atoms with Crippen LogP contribution in [0.5, 0.6) is 5.75 Å². The predicted octanol–water partition coefficient (Wildman–Crippen LogP) is 3.96. The van der Waals surface area contributed by atoms with Crippen LogP contribution in [0.25, 0.3) is 0 Å². The zero-order chi connectivity index (χ0) is 16.2. The van der Waals surface area contributed by atoms with E-state index in [0.29, 0.717) is 27.1 Å². The quantitative estimate of drug-likeness (QED) is 0.559. The van der Waals surface area contributed by atoms with Crippen LogP contribution in [0, 0.1) is 11.7 Å². The van der Waals surface area contributed by atoms with Crippen molar-refractivity contribution in [2.24, 2.45) is 5.10 Å². The molecule has 0 unspecified atom stereocenters. The lowest BCUT2D eigenvalue weighted by Crippen LogP contribution is -1.96. The summed E-state index contributed by atoms with van der Waals surface area (Å²) in [5, 5.41) is 11.1. The van der Waals surface area contributed by atoms with Gasteiger partial charge in [-0.15, -0.1) is 0 Å². The minimum Gasteiger partial charge on any atom is -0.484 e. The van der Waals surface area contributed by atoms with Crippen molar-refractivity contribution < 1.29 is 9.15 Å². The van der Waals surface area contributed by atoms with Crippen molar-refractivity contribution in [1.82, 2.24) is 14.9 Å². The maximum absolute atomic E-state index is 6.12.